The first kappa shape index (κ1) is 22.4. The lowest BCUT2D eigenvalue weighted by Gasteiger charge is -2.10. The smallest absolute Gasteiger partial charge is 0.432 e. The van der Waals surface area contributed by atoms with Gasteiger partial charge in [-0.15, -0.1) is 11.3 Å². The Morgan fingerprint density at radius 1 is 1.28 bits per heavy atom. The van der Waals surface area contributed by atoms with Gasteiger partial charge in [0.25, 0.3) is 5.91 Å². The first-order valence-corrected chi connectivity index (χ1v) is 9.22. The second-order valence-electron chi connectivity index (χ2n) is 6.05. The van der Waals surface area contributed by atoms with Gasteiger partial charge in [0.15, 0.2) is 5.69 Å². The monoisotopic (exact) mass is 433 g/mol. The molecule has 2 aromatic rings. The summed E-state index contributed by atoms with van der Waals surface area (Å²) in [6.07, 6.45) is -5.17. The highest BCUT2D eigenvalue weighted by atomic mass is 32.1. The molecule has 0 aliphatic heterocycles. The van der Waals surface area contributed by atoms with Gasteiger partial charge in [0.1, 0.15) is 15.6 Å². The molecule has 2 rings (SSSR count). The first-order chi connectivity index (χ1) is 13.5. The third-order valence-electron chi connectivity index (χ3n) is 3.50. The molecule has 0 aromatic carbocycles. The van der Waals surface area contributed by atoms with Crippen LogP contribution in [0.3, 0.4) is 0 Å². The van der Waals surface area contributed by atoms with Crippen molar-refractivity contribution in [3.8, 4) is 0 Å². The average Bonchev–Trinajstić information content (AvgIpc) is 3.19. The highest BCUT2D eigenvalue weighted by Gasteiger charge is 2.34. The van der Waals surface area contributed by atoms with Crippen LogP contribution >= 0.6 is 11.3 Å². The molecule has 29 heavy (non-hydrogen) atoms. The second kappa shape index (κ2) is 8.64. The number of halogens is 3. The fourth-order valence-corrected chi connectivity index (χ4v) is 3.35. The lowest BCUT2D eigenvalue weighted by molar-refractivity contribution is -0.141. The minimum Gasteiger partial charge on any atom is -0.462 e. The summed E-state index contributed by atoms with van der Waals surface area (Å²) in [5, 5.41) is 7.33. The predicted octanol–water partition coefficient (Wildman–Crippen LogP) is 3.79. The van der Waals surface area contributed by atoms with Crippen LogP contribution in [0.1, 0.15) is 62.5 Å². The zero-order valence-electron chi connectivity index (χ0n) is 15.9. The van der Waals surface area contributed by atoms with E-state index < -0.39 is 41.5 Å². The Bertz CT molecular complexity index is 933. The molecule has 12 heteroatoms. The van der Waals surface area contributed by atoms with Gasteiger partial charge < -0.3 is 14.8 Å². The van der Waals surface area contributed by atoms with Crippen molar-refractivity contribution in [2.45, 2.75) is 40.0 Å². The standard InChI is InChI=1S/C17H18F3N3O5S/c1-5-27-16(26)12-8(4)11(15(25)28-7(2)3)14(29-12)21-13(24)9-6-10(23-22-9)17(18,19)20/h6-7H,5H2,1-4H3,(H,21,24)(H,22,23). The molecule has 0 fully saturated rings. The number of thiophene rings is 1. The predicted molar refractivity (Wildman–Crippen MR) is 97.1 cm³/mol. The van der Waals surface area contributed by atoms with Gasteiger partial charge in [-0.05, 0) is 33.3 Å². The minimum absolute atomic E-state index is 0.0576. The molecule has 158 valence electrons. The van der Waals surface area contributed by atoms with Crippen LogP contribution in [0, 0.1) is 6.92 Å². The molecule has 0 saturated heterocycles. The summed E-state index contributed by atoms with van der Waals surface area (Å²) in [7, 11) is 0. The van der Waals surface area contributed by atoms with Gasteiger partial charge in [-0.25, -0.2) is 9.59 Å². The highest BCUT2D eigenvalue weighted by Crippen LogP contribution is 2.35. The number of nitrogens with one attached hydrogen (secondary N) is 2. The van der Waals surface area contributed by atoms with E-state index in [4.69, 9.17) is 9.47 Å². The maximum atomic E-state index is 12.7. The van der Waals surface area contributed by atoms with Crippen molar-refractivity contribution in [3.05, 3.63) is 33.5 Å². The van der Waals surface area contributed by atoms with Crippen molar-refractivity contribution < 1.29 is 37.0 Å². The Hall–Kier alpha value is -2.89. The van der Waals surface area contributed by atoms with E-state index in [-0.39, 0.29) is 27.6 Å². The van der Waals surface area contributed by atoms with Crippen molar-refractivity contribution in [2.24, 2.45) is 0 Å². The van der Waals surface area contributed by atoms with Crippen LogP contribution < -0.4 is 5.32 Å². The number of carbonyl (C=O) groups excluding carboxylic acids is 3. The van der Waals surface area contributed by atoms with E-state index >= 15 is 0 Å². The molecule has 0 aliphatic carbocycles. The van der Waals surface area contributed by atoms with Crippen molar-refractivity contribution >= 4 is 34.2 Å². The molecule has 1 amide bonds. The molecule has 0 aliphatic rings. The minimum atomic E-state index is -4.70. The Balaban J connectivity index is 2.40. The van der Waals surface area contributed by atoms with E-state index in [1.54, 1.807) is 25.9 Å². The quantitative estimate of drug-likeness (QED) is 0.671. The Labute approximate surface area is 167 Å². The van der Waals surface area contributed by atoms with Gasteiger partial charge in [0.2, 0.25) is 0 Å². The molecule has 0 spiro atoms. The topological polar surface area (TPSA) is 110 Å². The maximum absolute atomic E-state index is 12.7. The van der Waals surface area contributed by atoms with Crippen molar-refractivity contribution in [3.63, 3.8) is 0 Å². The molecule has 0 saturated carbocycles. The third kappa shape index (κ3) is 5.13. The molecular formula is C17H18F3N3O5S. The molecule has 0 unspecified atom stereocenters. The number of carbonyl (C=O) groups is 3. The number of H-pyrrole nitrogens is 1. The average molecular weight is 433 g/mol. The zero-order valence-corrected chi connectivity index (χ0v) is 16.7. The summed E-state index contributed by atoms with van der Waals surface area (Å²) in [4.78, 5) is 37.0. The first-order valence-electron chi connectivity index (χ1n) is 8.41. The Kier molecular flexibility index (Phi) is 6.67. The van der Waals surface area contributed by atoms with Gasteiger partial charge in [-0.3, -0.25) is 9.89 Å². The molecule has 0 radical (unpaired) electrons. The van der Waals surface area contributed by atoms with Crippen LogP contribution in [0.4, 0.5) is 18.2 Å². The van der Waals surface area contributed by atoms with Gasteiger partial charge >= 0.3 is 18.1 Å². The number of hydrogen-bond acceptors (Lipinski definition) is 7. The van der Waals surface area contributed by atoms with Gasteiger partial charge in [0.05, 0.1) is 18.3 Å². The SMILES string of the molecule is CCOC(=O)c1sc(NC(=O)c2cc(C(F)(F)F)[nH]n2)c(C(=O)OC(C)C)c1C. The van der Waals surface area contributed by atoms with Crippen LogP contribution in [-0.4, -0.2) is 40.8 Å². The molecule has 2 aromatic heterocycles. The fraction of sp³-hybridized carbons (Fsp3) is 0.412. The number of amides is 1. The molecule has 2 heterocycles. The van der Waals surface area contributed by atoms with Crippen LogP contribution in [0.25, 0.3) is 0 Å². The third-order valence-corrected chi connectivity index (χ3v) is 4.68. The zero-order chi connectivity index (χ0) is 21.9. The van der Waals surface area contributed by atoms with Crippen molar-refractivity contribution in [2.75, 3.05) is 11.9 Å². The number of nitrogens with zero attached hydrogens (tertiary/aromatic N) is 1. The number of ether oxygens (including phenoxy) is 2. The summed E-state index contributed by atoms with van der Waals surface area (Å²) < 4.78 is 48.1. The van der Waals surface area contributed by atoms with E-state index in [1.807, 2.05) is 0 Å². The van der Waals surface area contributed by atoms with Crippen LogP contribution in [0.15, 0.2) is 6.07 Å². The summed E-state index contributed by atoms with van der Waals surface area (Å²) in [6, 6.07) is 0.536. The number of aromatic nitrogens is 2. The van der Waals surface area contributed by atoms with E-state index in [2.05, 4.69) is 10.4 Å². The Morgan fingerprint density at radius 3 is 2.45 bits per heavy atom. The Morgan fingerprint density at radius 2 is 1.93 bits per heavy atom. The van der Waals surface area contributed by atoms with E-state index in [0.29, 0.717) is 6.07 Å². The number of rotatable bonds is 6. The number of hydrogen-bond donors (Lipinski definition) is 2. The molecule has 2 N–H and O–H groups in total. The van der Waals surface area contributed by atoms with E-state index in [9.17, 15) is 27.6 Å². The lowest BCUT2D eigenvalue weighted by Crippen LogP contribution is -2.17. The fourth-order valence-electron chi connectivity index (χ4n) is 2.26. The summed E-state index contributed by atoms with van der Waals surface area (Å²) in [5.41, 5.74) is -1.58. The van der Waals surface area contributed by atoms with Crippen LogP contribution in [0.5, 0.6) is 0 Å². The maximum Gasteiger partial charge on any atom is 0.432 e. The summed E-state index contributed by atoms with van der Waals surface area (Å²) >= 11 is 0.757. The van der Waals surface area contributed by atoms with Gasteiger partial charge in [-0.1, -0.05) is 0 Å². The van der Waals surface area contributed by atoms with Crippen LogP contribution in [0.2, 0.25) is 0 Å². The second-order valence-corrected chi connectivity index (χ2v) is 7.07. The molecule has 8 nitrogen and oxygen atoms in total. The largest absolute Gasteiger partial charge is 0.462 e. The summed E-state index contributed by atoms with van der Waals surface area (Å²) in [5.74, 6) is -2.49. The molecular weight excluding hydrogens is 415 g/mol. The molecule has 0 atom stereocenters. The van der Waals surface area contributed by atoms with Gasteiger partial charge in [-0.2, -0.15) is 18.3 Å². The lowest BCUT2D eigenvalue weighted by atomic mass is 10.1. The number of aromatic amines is 1. The van der Waals surface area contributed by atoms with Crippen molar-refractivity contribution in [1.82, 2.24) is 10.2 Å². The van der Waals surface area contributed by atoms with Crippen molar-refractivity contribution in [1.29, 1.82) is 0 Å². The number of esters is 2. The highest BCUT2D eigenvalue weighted by molar-refractivity contribution is 7.18. The van der Waals surface area contributed by atoms with Crippen LogP contribution in [-0.2, 0) is 15.7 Å². The normalized spacial score (nSPS) is 11.4. The number of anilines is 1. The van der Waals surface area contributed by atoms with Gasteiger partial charge in [0, 0.05) is 6.07 Å². The van der Waals surface area contributed by atoms with E-state index in [0.717, 1.165) is 11.3 Å². The summed E-state index contributed by atoms with van der Waals surface area (Å²) in [6.45, 7) is 6.41. The number of alkyl halides is 3. The van der Waals surface area contributed by atoms with E-state index in [1.165, 1.54) is 6.92 Å². The molecule has 0 bridgehead atoms.